The number of esters is 1. The molecule has 0 aliphatic heterocycles. The summed E-state index contributed by atoms with van der Waals surface area (Å²) in [5.41, 5.74) is 0. The molecule has 1 aliphatic rings. The Labute approximate surface area is 219 Å². The van der Waals surface area contributed by atoms with Gasteiger partial charge in [0.2, 0.25) is 0 Å². The van der Waals surface area contributed by atoms with Crippen LogP contribution in [0.4, 0.5) is 0 Å². The summed E-state index contributed by atoms with van der Waals surface area (Å²) < 4.78 is 7.11. The topological polar surface area (TPSA) is 49.8 Å². The summed E-state index contributed by atoms with van der Waals surface area (Å²) in [4.78, 5) is 14.7. The van der Waals surface area contributed by atoms with Gasteiger partial charge in [0.1, 0.15) is 6.10 Å². The van der Waals surface area contributed by atoms with E-state index in [0.717, 1.165) is 38.9 Å². The predicted octanol–water partition coefficient (Wildman–Crippen LogP) is 7.69. The largest absolute Gasteiger partial charge is 0.462 e. The minimum Gasteiger partial charge on any atom is -0.462 e. The average molecular weight is 580 g/mol. The number of aliphatic hydroxyl groups is 1. The molecule has 0 aromatic rings. The first-order valence-electron chi connectivity index (χ1n) is 14.3. The molecule has 0 spiro atoms. The van der Waals surface area contributed by atoms with Gasteiger partial charge in [0, 0.05) is 13.0 Å². The van der Waals surface area contributed by atoms with Crippen LogP contribution in [0.3, 0.4) is 0 Å². The second-order valence-electron chi connectivity index (χ2n) is 10.1. The van der Waals surface area contributed by atoms with Gasteiger partial charge in [-0.25, -0.2) is 0 Å². The number of carbonyl (C=O) groups is 1. The number of alkyl halides is 1. The number of hydrogen-bond acceptors (Lipinski definition) is 4. The van der Waals surface area contributed by atoms with Gasteiger partial charge in [-0.1, -0.05) is 93.7 Å². The molecule has 0 amide bonds. The average Bonchev–Trinajstić information content (AvgIpc) is 3.65. The van der Waals surface area contributed by atoms with Crippen molar-refractivity contribution in [1.29, 1.82) is 0 Å². The molecule has 1 atom stereocenters. The Bertz CT molecular complexity index is 445. The number of halogens is 1. The first-order chi connectivity index (χ1) is 16.2. The van der Waals surface area contributed by atoms with Crippen LogP contribution in [0.25, 0.3) is 0 Å². The van der Waals surface area contributed by atoms with Gasteiger partial charge in [0.05, 0.1) is 6.61 Å². The van der Waals surface area contributed by atoms with Crippen molar-refractivity contribution < 1.29 is 14.6 Å². The molecule has 1 aliphatic carbocycles. The summed E-state index contributed by atoms with van der Waals surface area (Å²) in [5, 5.41) is 9.33. The van der Waals surface area contributed by atoms with Gasteiger partial charge in [-0.3, -0.25) is 4.79 Å². The molecule has 196 valence electrons. The molecule has 1 fully saturated rings. The van der Waals surface area contributed by atoms with Crippen LogP contribution < -0.4 is 0 Å². The lowest BCUT2D eigenvalue weighted by molar-refractivity contribution is -0.150. The monoisotopic (exact) mass is 579 g/mol. The number of hydrogen-bond donors (Lipinski definition) is 1. The van der Waals surface area contributed by atoms with Gasteiger partial charge in [0.15, 0.2) is 0 Å². The quantitative estimate of drug-likeness (QED) is 0.0522. The number of carbonyl (C=O) groups excluding carboxylic acids is 1. The van der Waals surface area contributed by atoms with Crippen molar-refractivity contribution in [2.24, 2.45) is 5.92 Å². The van der Waals surface area contributed by atoms with Gasteiger partial charge >= 0.3 is 5.97 Å². The number of rotatable bonds is 25. The first kappa shape index (κ1) is 31.2. The highest BCUT2D eigenvalue weighted by Crippen LogP contribution is 2.37. The lowest BCUT2D eigenvalue weighted by Gasteiger charge is -2.21. The summed E-state index contributed by atoms with van der Waals surface area (Å²) in [6.07, 6.45) is 23.1. The van der Waals surface area contributed by atoms with E-state index in [2.05, 4.69) is 34.4 Å². The zero-order chi connectivity index (χ0) is 24.0. The van der Waals surface area contributed by atoms with Crippen molar-refractivity contribution in [3.05, 3.63) is 0 Å². The second kappa shape index (κ2) is 22.6. The van der Waals surface area contributed by atoms with Crippen LogP contribution in [-0.2, 0) is 9.53 Å². The summed E-state index contributed by atoms with van der Waals surface area (Å²) in [5.74, 6) is 0.684. The van der Waals surface area contributed by atoms with Crippen molar-refractivity contribution in [3.63, 3.8) is 0 Å². The van der Waals surface area contributed by atoms with E-state index in [1.165, 1.54) is 101 Å². The molecule has 33 heavy (non-hydrogen) atoms. The number of aliphatic hydroxyl groups excluding tert-OH is 1. The van der Waals surface area contributed by atoms with Crippen molar-refractivity contribution in [2.45, 2.75) is 135 Å². The summed E-state index contributed by atoms with van der Waals surface area (Å²) in [6.45, 7) is 5.55. The molecule has 0 aromatic carbocycles. The molecule has 1 N–H and O–H groups in total. The SMILES string of the molecule is CCCCCCCCN(CCO)CCCCCCCC(=O)OC(CCCCCCI)C1CC1. The van der Waals surface area contributed by atoms with E-state index in [9.17, 15) is 9.90 Å². The molecule has 1 unspecified atom stereocenters. The smallest absolute Gasteiger partial charge is 0.306 e. The van der Waals surface area contributed by atoms with E-state index in [0.29, 0.717) is 12.3 Å². The normalized spacial score (nSPS) is 14.7. The van der Waals surface area contributed by atoms with Crippen LogP contribution in [0, 0.1) is 5.92 Å². The van der Waals surface area contributed by atoms with Gasteiger partial charge in [0.25, 0.3) is 0 Å². The van der Waals surface area contributed by atoms with E-state index in [-0.39, 0.29) is 18.7 Å². The van der Waals surface area contributed by atoms with E-state index in [4.69, 9.17) is 4.74 Å². The third kappa shape index (κ3) is 19.0. The maximum Gasteiger partial charge on any atom is 0.306 e. The lowest BCUT2D eigenvalue weighted by Crippen LogP contribution is -2.29. The zero-order valence-corrected chi connectivity index (χ0v) is 23.9. The number of nitrogens with zero attached hydrogens (tertiary/aromatic N) is 1. The molecule has 0 heterocycles. The third-order valence-corrected chi connectivity index (χ3v) is 7.67. The Balaban J connectivity index is 2.02. The minimum atomic E-state index is 0.0345. The first-order valence-corrected chi connectivity index (χ1v) is 15.8. The Morgan fingerprint density at radius 1 is 0.848 bits per heavy atom. The fourth-order valence-electron chi connectivity index (χ4n) is 4.61. The number of unbranched alkanes of at least 4 members (excludes halogenated alkanes) is 12. The van der Waals surface area contributed by atoms with Crippen LogP contribution in [-0.4, -0.2) is 52.7 Å². The maximum absolute atomic E-state index is 12.3. The van der Waals surface area contributed by atoms with Gasteiger partial charge in [-0.15, -0.1) is 0 Å². The summed E-state index contributed by atoms with van der Waals surface area (Å²) in [6, 6.07) is 0. The Morgan fingerprint density at radius 3 is 2.03 bits per heavy atom. The summed E-state index contributed by atoms with van der Waals surface area (Å²) >= 11 is 2.45. The predicted molar refractivity (Wildman–Crippen MR) is 149 cm³/mol. The van der Waals surface area contributed by atoms with Crippen LogP contribution in [0.1, 0.15) is 129 Å². The fourth-order valence-corrected chi connectivity index (χ4v) is 5.15. The lowest BCUT2D eigenvalue weighted by atomic mass is 10.1. The van der Waals surface area contributed by atoms with Crippen LogP contribution >= 0.6 is 22.6 Å². The standard InChI is InChI=1S/C28H54INO3/c1-2-3-4-5-10-15-22-30(24-25-31)23-16-11-6-7-13-18-28(32)33-27(26-19-20-26)17-12-8-9-14-21-29/h26-27,31H,2-25H2,1H3. The van der Waals surface area contributed by atoms with E-state index in [1.54, 1.807) is 0 Å². The molecule has 1 saturated carbocycles. The Kier molecular flexibility index (Phi) is 21.3. The van der Waals surface area contributed by atoms with E-state index >= 15 is 0 Å². The molecule has 0 radical (unpaired) electrons. The molecule has 1 rings (SSSR count). The molecule has 0 saturated heterocycles. The molecule has 0 bridgehead atoms. The fraction of sp³-hybridized carbons (Fsp3) is 0.964. The summed E-state index contributed by atoms with van der Waals surface area (Å²) in [7, 11) is 0. The van der Waals surface area contributed by atoms with Crippen molar-refractivity contribution in [3.8, 4) is 0 Å². The highest BCUT2D eigenvalue weighted by Gasteiger charge is 2.33. The van der Waals surface area contributed by atoms with E-state index < -0.39 is 0 Å². The molecule has 4 nitrogen and oxygen atoms in total. The third-order valence-electron chi connectivity index (χ3n) is 6.90. The Hall–Kier alpha value is 0.120. The van der Waals surface area contributed by atoms with Crippen molar-refractivity contribution >= 4 is 28.6 Å². The van der Waals surface area contributed by atoms with Crippen LogP contribution in [0.2, 0.25) is 0 Å². The molecule has 5 heteroatoms. The minimum absolute atomic E-state index is 0.0345. The van der Waals surface area contributed by atoms with E-state index in [1.807, 2.05) is 0 Å². The molecule has 0 aromatic heterocycles. The van der Waals surface area contributed by atoms with Crippen molar-refractivity contribution in [2.75, 3.05) is 30.7 Å². The molecular weight excluding hydrogens is 525 g/mol. The highest BCUT2D eigenvalue weighted by atomic mass is 127. The highest BCUT2D eigenvalue weighted by molar-refractivity contribution is 14.1. The van der Waals surface area contributed by atoms with Crippen LogP contribution in [0.15, 0.2) is 0 Å². The van der Waals surface area contributed by atoms with Crippen LogP contribution in [0.5, 0.6) is 0 Å². The second-order valence-corrected chi connectivity index (χ2v) is 11.2. The Morgan fingerprint density at radius 2 is 1.42 bits per heavy atom. The zero-order valence-electron chi connectivity index (χ0n) is 21.7. The molecular formula is C28H54INO3. The van der Waals surface area contributed by atoms with Gasteiger partial charge in [-0.2, -0.15) is 0 Å². The maximum atomic E-state index is 12.3. The van der Waals surface area contributed by atoms with Gasteiger partial charge < -0.3 is 14.7 Å². The number of ether oxygens (including phenoxy) is 1. The van der Waals surface area contributed by atoms with Gasteiger partial charge in [-0.05, 0) is 74.8 Å². The van der Waals surface area contributed by atoms with Crippen molar-refractivity contribution in [1.82, 2.24) is 4.90 Å².